The van der Waals surface area contributed by atoms with Gasteiger partial charge in [0.15, 0.2) is 0 Å². The average molecular weight is 385 g/mol. The third-order valence-electron chi connectivity index (χ3n) is 4.75. The summed E-state index contributed by atoms with van der Waals surface area (Å²) < 4.78 is 18.3. The SMILES string of the molecule is COc1ccccc1N1CCN(C(=O)CCC(=O)Nc2ccc(F)cc2)CC1. The van der Waals surface area contributed by atoms with Crippen LogP contribution in [0.3, 0.4) is 0 Å². The number of para-hydroxylation sites is 2. The summed E-state index contributed by atoms with van der Waals surface area (Å²) in [6, 6.07) is 13.4. The Hall–Kier alpha value is -3.09. The molecule has 1 aliphatic rings. The van der Waals surface area contributed by atoms with Gasteiger partial charge in [-0.25, -0.2) is 4.39 Å². The van der Waals surface area contributed by atoms with Crippen LogP contribution in [0.4, 0.5) is 15.8 Å². The quantitative estimate of drug-likeness (QED) is 0.831. The summed E-state index contributed by atoms with van der Waals surface area (Å²) in [6.45, 7) is 2.65. The lowest BCUT2D eigenvalue weighted by Crippen LogP contribution is -2.49. The van der Waals surface area contributed by atoms with Gasteiger partial charge in [0.2, 0.25) is 11.8 Å². The number of nitrogens with one attached hydrogen (secondary N) is 1. The fourth-order valence-corrected chi connectivity index (χ4v) is 3.22. The van der Waals surface area contributed by atoms with E-state index in [-0.39, 0.29) is 30.5 Å². The van der Waals surface area contributed by atoms with Crippen molar-refractivity contribution in [2.45, 2.75) is 12.8 Å². The van der Waals surface area contributed by atoms with Crippen molar-refractivity contribution in [2.75, 3.05) is 43.5 Å². The molecule has 1 aliphatic heterocycles. The van der Waals surface area contributed by atoms with Crippen molar-refractivity contribution in [1.82, 2.24) is 4.90 Å². The van der Waals surface area contributed by atoms with Crippen LogP contribution in [-0.4, -0.2) is 50.0 Å². The molecular weight excluding hydrogens is 361 g/mol. The first kappa shape index (κ1) is 19.7. The number of anilines is 2. The minimum Gasteiger partial charge on any atom is -0.495 e. The standard InChI is InChI=1S/C21H24FN3O3/c1-28-19-5-3-2-4-18(19)24-12-14-25(15-13-24)21(27)11-10-20(26)23-17-8-6-16(22)7-9-17/h2-9H,10-15H2,1H3,(H,23,26). The molecule has 28 heavy (non-hydrogen) atoms. The van der Waals surface area contributed by atoms with Gasteiger partial charge in [0.1, 0.15) is 11.6 Å². The summed E-state index contributed by atoms with van der Waals surface area (Å²) in [7, 11) is 1.65. The minimum absolute atomic E-state index is 0.0334. The lowest BCUT2D eigenvalue weighted by molar-refractivity contribution is -0.133. The fraction of sp³-hybridized carbons (Fsp3) is 0.333. The van der Waals surface area contributed by atoms with E-state index in [1.165, 1.54) is 24.3 Å². The fourth-order valence-electron chi connectivity index (χ4n) is 3.22. The zero-order chi connectivity index (χ0) is 19.9. The zero-order valence-electron chi connectivity index (χ0n) is 15.9. The molecule has 0 aromatic heterocycles. The predicted octanol–water partition coefficient (Wildman–Crippen LogP) is 2.90. The maximum absolute atomic E-state index is 12.9. The maximum Gasteiger partial charge on any atom is 0.224 e. The number of carbonyl (C=O) groups is 2. The predicted molar refractivity (Wildman–Crippen MR) is 106 cm³/mol. The number of benzene rings is 2. The molecule has 0 bridgehead atoms. The average Bonchev–Trinajstić information content (AvgIpc) is 2.73. The van der Waals surface area contributed by atoms with Crippen molar-refractivity contribution in [3.63, 3.8) is 0 Å². The Balaban J connectivity index is 1.45. The number of hydrogen-bond acceptors (Lipinski definition) is 4. The van der Waals surface area contributed by atoms with Gasteiger partial charge in [0, 0.05) is 44.7 Å². The molecule has 2 amide bonds. The molecule has 0 aliphatic carbocycles. The van der Waals surface area contributed by atoms with Crippen LogP contribution in [0.2, 0.25) is 0 Å². The monoisotopic (exact) mass is 385 g/mol. The highest BCUT2D eigenvalue weighted by molar-refractivity contribution is 5.93. The topological polar surface area (TPSA) is 61.9 Å². The molecule has 0 saturated carbocycles. The van der Waals surface area contributed by atoms with Gasteiger partial charge in [0.05, 0.1) is 12.8 Å². The zero-order valence-corrected chi connectivity index (χ0v) is 15.9. The molecule has 0 radical (unpaired) electrons. The first-order valence-electron chi connectivity index (χ1n) is 9.28. The second-order valence-corrected chi connectivity index (χ2v) is 6.59. The summed E-state index contributed by atoms with van der Waals surface area (Å²) >= 11 is 0. The molecule has 6 nitrogen and oxygen atoms in total. The van der Waals surface area contributed by atoms with Crippen molar-refractivity contribution in [2.24, 2.45) is 0 Å². The Bertz CT molecular complexity index is 818. The molecular formula is C21H24FN3O3. The highest BCUT2D eigenvalue weighted by atomic mass is 19.1. The molecule has 0 unspecified atom stereocenters. The van der Waals surface area contributed by atoms with Gasteiger partial charge in [-0.05, 0) is 36.4 Å². The first-order chi connectivity index (χ1) is 13.6. The highest BCUT2D eigenvalue weighted by Gasteiger charge is 2.23. The summed E-state index contributed by atoms with van der Waals surface area (Å²) in [5.74, 6) is 0.168. The van der Waals surface area contributed by atoms with Crippen molar-refractivity contribution >= 4 is 23.2 Å². The molecule has 1 saturated heterocycles. The van der Waals surface area contributed by atoms with E-state index in [0.717, 1.165) is 11.4 Å². The summed E-state index contributed by atoms with van der Waals surface area (Å²) in [4.78, 5) is 28.4. The minimum atomic E-state index is -0.361. The lowest BCUT2D eigenvalue weighted by Gasteiger charge is -2.36. The van der Waals surface area contributed by atoms with Crippen molar-refractivity contribution < 1.29 is 18.7 Å². The van der Waals surface area contributed by atoms with E-state index in [4.69, 9.17) is 4.74 Å². The van der Waals surface area contributed by atoms with E-state index in [0.29, 0.717) is 31.9 Å². The Morgan fingerprint density at radius 2 is 1.68 bits per heavy atom. The Morgan fingerprint density at radius 3 is 2.36 bits per heavy atom. The molecule has 1 N–H and O–H groups in total. The number of rotatable bonds is 6. The Labute approximate surface area is 163 Å². The summed E-state index contributed by atoms with van der Waals surface area (Å²) in [5, 5.41) is 2.67. The van der Waals surface area contributed by atoms with Crippen LogP contribution in [0.5, 0.6) is 5.75 Å². The molecule has 7 heteroatoms. The van der Waals surface area contributed by atoms with E-state index in [1.807, 2.05) is 24.3 Å². The molecule has 3 rings (SSSR count). The number of amides is 2. The third-order valence-corrected chi connectivity index (χ3v) is 4.75. The highest BCUT2D eigenvalue weighted by Crippen LogP contribution is 2.28. The number of hydrogen-bond donors (Lipinski definition) is 1. The first-order valence-corrected chi connectivity index (χ1v) is 9.28. The summed E-state index contributed by atoms with van der Waals surface area (Å²) in [5.41, 5.74) is 1.54. The van der Waals surface area contributed by atoms with Crippen LogP contribution < -0.4 is 15.0 Å². The second-order valence-electron chi connectivity index (χ2n) is 6.59. The normalized spacial score (nSPS) is 13.9. The van der Waals surface area contributed by atoms with Crippen LogP contribution >= 0.6 is 0 Å². The van der Waals surface area contributed by atoms with E-state index in [9.17, 15) is 14.0 Å². The number of carbonyl (C=O) groups excluding carboxylic acids is 2. The maximum atomic E-state index is 12.9. The molecule has 2 aromatic carbocycles. The Kier molecular flexibility index (Phi) is 6.47. The second kappa shape index (κ2) is 9.21. The largest absolute Gasteiger partial charge is 0.495 e. The van der Waals surface area contributed by atoms with Gasteiger partial charge in [-0.15, -0.1) is 0 Å². The van der Waals surface area contributed by atoms with Gasteiger partial charge in [-0.2, -0.15) is 0 Å². The number of methoxy groups -OCH3 is 1. The number of piperazine rings is 1. The van der Waals surface area contributed by atoms with Crippen LogP contribution in [-0.2, 0) is 9.59 Å². The van der Waals surface area contributed by atoms with Crippen LogP contribution in [0.1, 0.15) is 12.8 Å². The van der Waals surface area contributed by atoms with Crippen molar-refractivity contribution in [3.05, 3.63) is 54.3 Å². The molecule has 1 fully saturated rings. The number of halogens is 1. The van der Waals surface area contributed by atoms with E-state index in [2.05, 4.69) is 10.2 Å². The van der Waals surface area contributed by atoms with Crippen molar-refractivity contribution in [3.8, 4) is 5.75 Å². The van der Waals surface area contributed by atoms with E-state index < -0.39 is 0 Å². The molecule has 0 atom stereocenters. The van der Waals surface area contributed by atoms with E-state index >= 15 is 0 Å². The van der Waals surface area contributed by atoms with Gasteiger partial charge < -0.3 is 19.9 Å². The molecule has 148 valence electrons. The number of nitrogens with zero attached hydrogens (tertiary/aromatic N) is 2. The number of ether oxygens (including phenoxy) is 1. The lowest BCUT2D eigenvalue weighted by atomic mass is 10.2. The van der Waals surface area contributed by atoms with Gasteiger partial charge in [0.25, 0.3) is 0 Å². The van der Waals surface area contributed by atoms with Gasteiger partial charge in [-0.1, -0.05) is 12.1 Å². The van der Waals surface area contributed by atoms with Gasteiger partial charge >= 0.3 is 0 Å². The Morgan fingerprint density at radius 1 is 1.00 bits per heavy atom. The van der Waals surface area contributed by atoms with Crippen molar-refractivity contribution in [1.29, 1.82) is 0 Å². The van der Waals surface area contributed by atoms with Gasteiger partial charge in [-0.3, -0.25) is 9.59 Å². The molecule has 0 spiro atoms. The summed E-state index contributed by atoms with van der Waals surface area (Å²) in [6.07, 6.45) is 0.255. The third kappa shape index (κ3) is 5.00. The smallest absolute Gasteiger partial charge is 0.224 e. The molecule has 1 heterocycles. The van der Waals surface area contributed by atoms with Crippen LogP contribution in [0.25, 0.3) is 0 Å². The van der Waals surface area contributed by atoms with E-state index in [1.54, 1.807) is 12.0 Å². The van der Waals surface area contributed by atoms with Crippen LogP contribution in [0.15, 0.2) is 48.5 Å². The molecule has 2 aromatic rings. The van der Waals surface area contributed by atoms with Crippen LogP contribution in [0, 0.1) is 5.82 Å².